The summed E-state index contributed by atoms with van der Waals surface area (Å²) in [5, 5.41) is 2.98. The van der Waals surface area contributed by atoms with E-state index in [9.17, 15) is 9.59 Å². The molecule has 3 heterocycles. The van der Waals surface area contributed by atoms with E-state index >= 15 is 0 Å². The van der Waals surface area contributed by atoms with Crippen molar-refractivity contribution >= 4 is 11.9 Å². The minimum Gasteiger partial charge on any atom is -0.497 e. The number of nitrogens with zero attached hydrogens (tertiary/aromatic N) is 3. The fraction of sp³-hybridized carbons (Fsp3) is 0.522. The highest BCUT2D eigenvalue weighted by Crippen LogP contribution is 2.29. The lowest BCUT2D eigenvalue weighted by Crippen LogP contribution is -2.43. The number of rotatable bonds is 5. The summed E-state index contributed by atoms with van der Waals surface area (Å²) in [6.07, 6.45) is 3.63. The SMILES string of the molecule is COc1cccc(CNC(=O)N2CCC(c3nc(C(=O)N4CCCC4)c(C)o3)CC2)c1. The first-order valence-electron chi connectivity index (χ1n) is 11.0. The Labute approximate surface area is 182 Å². The number of likely N-dealkylation sites (tertiary alicyclic amines) is 2. The topological polar surface area (TPSA) is 87.9 Å². The third kappa shape index (κ3) is 4.84. The molecule has 166 valence electrons. The summed E-state index contributed by atoms with van der Waals surface area (Å²) in [5.41, 5.74) is 1.43. The zero-order valence-electron chi connectivity index (χ0n) is 18.2. The maximum Gasteiger partial charge on any atom is 0.317 e. The lowest BCUT2D eigenvalue weighted by molar-refractivity contribution is 0.0786. The normalized spacial score (nSPS) is 17.1. The van der Waals surface area contributed by atoms with Crippen LogP contribution in [0.2, 0.25) is 0 Å². The van der Waals surface area contributed by atoms with Gasteiger partial charge in [-0.05, 0) is 50.3 Å². The fourth-order valence-corrected chi connectivity index (χ4v) is 4.26. The molecule has 2 saturated heterocycles. The Morgan fingerprint density at radius 3 is 2.61 bits per heavy atom. The van der Waals surface area contributed by atoms with E-state index in [1.807, 2.05) is 34.1 Å². The van der Waals surface area contributed by atoms with E-state index in [1.165, 1.54) is 0 Å². The van der Waals surface area contributed by atoms with Crippen molar-refractivity contribution in [1.29, 1.82) is 0 Å². The summed E-state index contributed by atoms with van der Waals surface area (Å²) in [7, 11) is 1.63. The fourth-order valence-electron chi connectivity index (χ4n) is 4.26. The molecule has 2 aliphatic heterocycles. The summed E-state index contributed by atoms with van der Waals surface area (Å²) in [6, 6.07) is 7.59. The van der Waals surface area contributed by atoms with Crippen LogP contribution in [0.5, 0.6) is 5.75 Å². The molecule has 2 aromatic rings. The highest BCUT2D eigenvalue weighted by molar-refractivity contribution is 5.93. The molecule has 4 rings (SSSR count). The summed E-state index contributed by atoms with van der Waals surface area (Å²) >= 11 is 0. The first kappa shape index (κ1) is 21.2. The third-order valence-electron chi connectivity index (χ3n) is 6.12. The lowest BCUT2D eigenvalue weighted by Gasteiger charge is -2.30. The molecule has 0 radical (unpaired) electrons. The molecule has 3 amide bonds. The van der Waals surface area contributed by atoms with E-state index in [4.69, 9.17) is 9.15 Å². The monoisotopic (exact) mass is 426 g/mol. The predicted octanol–water partition coefficient (Wildman–Crippen LogP) is 3.32. The van der Waals surface area contributed by atoms with Gasteiger partial charge in [-0.15, -0.1) is 0 Å². The van der Waals surface area contributed by atoms with Crippen LogP contribution in [0.25, 0.3) is 0 Å². The zero-order valence-corrected chi connectivity index (χ0v) is 18.2. The van der Waals surface area contributed by atoms with Crippen molar-refractivity contribution in [3.8, 4) is 5.75 Å². The van der Waals surface area contributed by atoms with Crippen molar-refractivity contribution in [1.82, 2.24) is 20.1 Å². The van der Waals surface area contributed by atoms with Crippen molar-refractivity contribution in [3.05, 3.63) is 47.2 Å². The molecule has 0 bridgehead atoms. The maximum atomic E-state index is 12.7. The molecule has 8 nitrogen and oxygen atoms in total. The number of carbonyl (C=O) groups excluding carboxylic acids is 2. The Hall–Kier alpha value is -3.03. The van der Waals surface area contributed by atoms with Gasteiger partial charge in [0.1, 0.15) is 11.5 Å². The van der Waals surface area contributed by atoms with Gasteiger partial charge < -0.3 is 24.3 Å². The average Bonchev–Trinajstić information content (AvgIpc) is 3.47. The van der Waals surface area contributed by atoms with Gasteiger partial charge >= 0.3 is 6.03 Å². The van der Waals surface area contributed by atoms with Gasteiger partial charge in [-0.2, -0.15) is 0 Å². The molecule has 0 spiro atoms. The number of nitrogens with one attached hydrogen (secondary N) is 1. The van der Waals surface area contributed by atoms with Gasteiger partial charge in [-0.1, -0.05) is 12.1 Å². The number of aromatic nitrogens is 1. The van der Waals surface area contributed by atoms with Crippen molar-refractivity contribution in [2.24, 2.45) is 0 Å². The molecule has 1 aromatic heterocycles. The van der Waals surface area contributed by atoms with Gasteiger partial charge in [0.15, 0.2) is 11.6 Å². The Morgan fingerprint density at radius 2 is 1.90 bits per heavy atom. The van der Waals surface area contributed by atoms with Crippen molar-refractivity contribution in [3.63, 3.8) is 0 Å². The number of amides is 3. The number of hydrogen-bond donors (Lipinski definition) is 1. The van der Waals surface area contributed by atoms with Crippen LogP contribution in [-0.2, 0) is 6.54 Å². The number of aryl methyl sites for hydroxylation is 1. The van der Waals surface area contributed by atoms with Gasteiger partial charge in [0.05, 0.1) is 7.11 Å². The molecule has 0 unspecified atom stereocenters. The summed E-state index contributed by atoms with van der Waals surface area (Å²) < 4.78 is 11.1. The van der Waals surface area contributed by atoms with Crippen LogP contribution in [0.4, 0.5) is 4.79 Å². The Morgan fingerprint density at radius 1 is 1.16 bits per heavy atom. The molecular weight excluding hydrogens is 396 g/mol. The molecule has 8 heteroatoms. The lowest BCUT2D eigenvalue weighted by atomic mass is 9.97. The van der Waals surface area contributed by atoms with Crippen LogP contribution < -0.4 is 10.1 Å². The van der Waals surface area contributed by atoms with E-state index in [0.29, 0.717) is 37.0 Å². The van der Waals surface area contributed by atoms with Gasteiger partial charge in [0, 0.05) is 38.6 Å². The summed E-state index contributed by atoms with van der Waals surface area (Å²) in [5.74, 6) is 2.08. The molecule has 1 N–H and O–H groups in total. The minimum atomic E-state index is -0.0743. The van der Waals surface area contributed by atoms with E-state index in [1.54, 1.807) is 14.0 Å². The average molecular weight is 427 g/mol. The van der Waals surface area contributed by atoms with Crippen LogP contribution in [0, 0.1) is 6.92 Å². The second-order valence-electron chi connectivity index (χ2n) is 8.23. The number of ether oxygens (including phenoxy) is 1. The van der Waals surface area contributed by atoms with Crippen molar-refractivity contribution in [2.75, 3.05) is 33.3 Å². The highest BCUT2D eigenvalue weighted by Gasteiger charge is 2.30. The number of oxazole rings is 1. The van der Waals surface area contributed by atoms with Crippen LogP contribution >= 0.6 is 0 Å². The van der Waals surface area contributed by atoms with Gasteiger partial charge in [-0.25, -0.2) is 9.78 Å². The largest absolute Gasteiger partial charge is 0.497 e. The number of carbonyl (C=O) groups is 2. The van der Waals surface area contributed by atoms with E-state index in [-0.39, 0.29) is 17.9 Å². The molecule has 31 heavy (non-hydrogen) atoms. The smallest absolute Gasteiger partial charge is 0.317 e. The standard InChI is InChI=1S/C23H30N4O4/c1-16-20(22(28)26-10-3-4-11-26)25-21(31-16)18-8-12-27(13-9-18)23(29)24-15-17-6-5-7-19(14-17)30-2/h5-7,14,18H,3-4,8-13,15H2,1-2H3,(H,24,29). The predicted molar refractivity (Wildman–Crippen MR) is 115 cm³/mol. The Balaban J connectivity index is 1.29. The Kier molecular flexibility index (Phi) is 6.44. The van der Waals surface area contributed by atoms with E-state index in [2.05, 4.69) is 10.3 Å². The molecule has 0 aliphatic carbocycles. The second-order valence-corrected chi connectivity index (χ2v) is 8.23. The first-order chi connectivity index (χ1) is 15.0. The van der Waals surface area contributed by atoms with Crippen molar-refractivity contribution < 1.29 is 18.7 Å². The zero-order chi connectivity index (χ0) is 21.8. The summed E-state index contributed by atoms with van der Waals surface area (Å²) in [6.45, 7) is 5.11. The maximum absolute atomic E-state index is 12.7. The van der Waals surface area contributed by atoms with Crippen LogP contribution in [0.1, 0.15) is 59.3 Å². The quantitative estimate of drug-likeness (QED) is 0.792. The number of methoxy groups -OCH3 is 1. The highest BCUT2D eigenvalue weighted by atomic mass is 16.5. The van der Waals surface area contributed by atoms with Crippen LogP contribution in [-0.4, -0.2) is 60.0 Å². The molecule has 1 aromatic carbocycles. The molecule has 0 saturated carbocycles. The second kappa shape index (κ2) is 9.41. The minimum absolute atomic E-state index is 0.0284. The number of piperidine rings is 1. The molecular formula is C23H30N4O4. The third-order valence-corrected chi connectivity index (χ3v) is 6.12. The van der Waals surface area contributed by atoms with Crippen LogP contribution in [0.3, 0.4) is 0 Å². The van der Waals surface area contributed by atoms with Crippen LogP contribution in [0.15, 0.2) is 28.7 Å². The van der Waals surface area contributed by atoms with Crippen molar-refractivity contribution in [2.45, 2.75) is 45.1 Å². The van der Waals surface area contributed by atoms with E-state index in [0.717, 1.165) is 50.1 Å². The van der Waals surface area contributed by atoms with Gasteiger partial charge in [0.2, 0.25) is 0 Å². The number of hydrogen-bond acceptors (Lipinski definition) is 5. The molecule has 2 aliphatic rings. The summed E-state index contributed by atoms with van der Waals surface area (Å²) in [4.78, 5) is 33.5. The van der Waals surface area contributed by atoms with Gasteiger partial charge in [0.25, 0.3) is 5.91 Å². The number of benzene rings is 1. The molecule has 0 atom stereocenters. The number of urea groups is 1. The van der Waals surface area contributed by atoms with Gasteiger partial charge in [-0.3, -0.25) is 4.79 Å². The van der Waals surface area contributed by atoms with E-state index < -0.39 is 0 Å². The Bertz CT molecular complexity index is 927. The first-order valence-corrected chi connectivity index (χ1v) is 11.0. The molecule has 2 fully saturated rings.